The van der Waals surface area contributed by atoms with Crippen molar-refractivity contribution < 1.29 is 9.53 Å². The van der Waals surface area contributed by atoms with Crippen LogP contribution in [0.4, 0.5) is 0 Å². The van der Waals surface area contributed by atoms with Crippen molar-refractivity contribution in [1.29, 1.82) is 0 Å². The predicted octanol–water partition coefficient (Wildman–Crippen LogP) is 1.46. The van der Waals surface area contributed by atoms with Crippen LogP contribution in [0.3, 0.4) is 0 Å². The fourth-order valence-electron chi connectivity index (χ4n) is 2.56. The number of carbonyl (C=O) groups is 1. The van der Waals surface area contributed by atoms with Gasteiger partial charge in [0, 0.05) is 25.6 Å². The lowest BCUT2D eigenvalue weighted by Gasteiger charge is -2.39. The first-order valence-electron chi connectivity index (χ1n) is 5.95. The van der Waals surface area contributed by atoms with E-state index in [0.717, 1.165) is 25.3 Å². The van der Waals surface area contributed by atoms with E-state index in [4.69, 9.17) is 4.74 Å². The van der Waals surface area contributed by atoms with Gasteiger partial charge in [0.2, 0.25) is 0 Å². The molecule has 0 bridgehead atoms. The zero-order valence-electron chi connectivity index (χ0n) is 9.74. The fraction of sp³-hybridized carbons (Fsp3) is 0.917. The molecule has 2 unspecified atom stereocenters. The van der Waals surface area contributed by atoms with Crippen molar-refractivity contribution in [3.05, 3.63) is 0 Å². The third-order valence-electron chi connectivity index (χ3n) is 4.00. The predicted molar refractivity (Wildman–Crippen MR) is 58.8 cm³/mol. The van der Waals surface area contributed by atoms with E-state index in [0.29, 0.717) is 5.92 Å². The quantitative estimate of drug-likeness (QED) is 0.659. The average Bonchev–Trinajstić information content (AvgIpc) is 3.12. The summed E-state index contributed by atoms with van der Waals surface area (Å²) >= 11 is 0. The molecule has 3 heteroatoms. The van der Waals surface area contributed by atoms with Crippen LogP contribution in [0.1, 0.15) is 32.6 Å². The Kier molecular flexibility index (Phi) is 3.12. The highest BCUT2D eigenvalue weighted by Crippen LogP contribution is 2.34. The molecule has 0 spiro atoms. The number of piperidine rings is 1. The van der Waals surface area contributed by atoms with Crippen LogP contribution in [0.15, 0.2) is 0 Å². The zero-order valence-corrected chi connectivity index (χ0v) is 9.74. The summed E-state index contributed by atoms with van der Waals surface area (Å²) in [6, 6.07) is 0.806. The Bertz CT molecular complexity index is 240. The Labute approximate surface area is 91.8 Å². The highest BCUT2D eigenvalue weighted by Gasteiger charge is 2.40. The van der Waals surface area contributed by atoms with Gasteiger partial charge in [-0.3, -0.25) is 4.90 Å². The third kappa shape index (κ3) is 2.23. The smallest absolute Gasteiger partial charge is 0.151 e. The number of carbonyl (C=O) groups excluding carboxylic acids is 1. The Morgan fingerprint density at radius 3 is 2.67 bits per heavy atom. The van der Waals surface area contributed by atoms with Crippen molar-refractivity contribution in [2.45, 2.75) is 44.2 Å². The van der Waals surface area contributed by atoms with Gasteiger partial charge >= 0.3 is 0 Å². The summed E-state index contributed by atoms with van der Waals surface area (Å²) in [6.07, 6.45) is 5.99. The maximum atomic E-state index is 11.1. The largest absolute Gasteiger partial charge is 0.371 e. The number of aldehydes is 1. The molecule has 0 aromatic carbocycles. The third-order valence-corrected chi connectivity index (χ3v) is 4.00. The van der Waals surface area contributed by atoms with Crippen LogP contribution in [0.5, 0.6) is 0 Å². The van der Waals surface area contributed by atoms with E-state index in [-0.39, 0.29) is 0 Å². The second-order valence-corrected chi connectivity index (χ2v) is 5.07. The zero-order chi connectivity index (χ0) is 10.9. The summed E-state index contributed by atoms with van der Waals surface area (Å²) in [5, 5.41) is 0. The van der Waals surface area contributed by atoms with Crippen LogP contribution < -0.4 is 0 Å². The molecule has 86 valence electrons. The lowest BCUT2D eigenvalue weighted by atomic mass is 9.83. The van der Waals surface area contributed by atoms with E-state index < -0.39 is 5.60 Å². The Morgan fingerprint density at radius 2 is 2.13 bits per heavy atom. The summed E-state index contributed by atoms with van der Waals surface area (Å²) in [4.78, 5) is 13.6. The van der Waals surface area contributed by atoms with Gasteiger partial charge in [-0.05, 0) is 39.2 Å². The van der Waals surface area contributed by atoms with Crippen LogP contribution in [0.25, 0.3) is 0 Å². The summed E-state index contributed by atoms with van der Waals surface area (Å²) in [5.74, 6) is 0.370. The molecule has 2 atom stereocenters. The molecule has 2 fully saturated rings. The van der Waals surface area contributed by atoms with Crippen molar-refractivity contribution in [2.24, 2.45) is 5.92 Å². The summed E-state index contributed by atoms with van der Waals surface area (Å²) < 4.78 is 5.38. The summed E-state index contributed by atoms with van der Waals surface area (Å²) in [7, 11) is 1.64. The molecule has 15 heavy (non-hydrogen) atoms. The first kappa shape index (κ1) is 11.1. The van der Waals surface area contributed by atoms with Gasteiger partial charge in [0.15, 0.2) is 6.29 Å². The molecule has 2 rings (SSSR count). The number of nitrogens with zero attached hydrogens (tertiary/aromatic N) is 1. The van der Waals surface area contributed by atoms with Crippen LogP contribution in [-0.4, -0.2) is 43.0 Å². The van der Waals surface area contributed by atoms with Crippen molar-refractivity contribution in [1.82, 2.24) is 4.90 Å². The highest BCUT2D eigenvalue weighted by atomic mass is 16.5. The van der Waals surface area contributed by atoms with Crippen molar-refractivity contribution in [2.75, 3.05) is 20.2 Å². The molecule has 1 saturated heterocycles. The van der Waals surface area contributed by atoms with E-state index in [9.17, 15) is 4.79 Å². The van der Waals surface area contributed by atoms with E-state index in [1.54, 1.807) is 7.11 Å². The molecule has 0 amide bonds. The molecule has 0 aromatic rings. The second-order valence-electron chi connectivity index (χ2n) is 5.07. The lowest BCUT2D eigenvalue weighted by Crippen LogP contribution is -2.48. The van der Waals surface area contributed by atoms with Gasteiger partial charge in [-0.2, -0.15) is 0 Å². The lowest BCUT2D eigenvalue weighted by molar-refractivity contribution is -0.135. The van der Waals surface area contributed by atoms with E-state index in [2.05, 4.69) is 4.90 Å². The Balaban J connectivity index is 1.98. The molecule has 1 heterocycles. The van der Waals surface area contributed by atoms with E-state index >= 15 is 0 Å². The van der Waals surface area contributed by atoms with Gasteiger partial charge in [-0.1, -0.05) is 0 Å². The van der Waals surface area contributed by atoms with Crippen molar-refractivity contribution in [3.8, 4) is 0 Å². The van der Waals surface area contributed by atoms with Crippen LogP contribution in [0.2, 0.25) is 0 Å². The molecule has 1 aliphatic carbocycles. The molecule has 0 N–H and O–H groups in total. The van der Waals surface area contributed by atoms with Crippen LogP contribution in [-0.2, 0) is 9.53 Å². The standard InChI is InChI=1S/C12H21NO2/c1-12(9-14,15-2)10-4-3-7-13(8-10)11-5-6-11/h9-11H,3-8H2,1-2H3. The summed E-state index contributed by atoms with van der Waals surface area (Å²) in [5.41, 5.74) is -0.576. The first-order chi connectivity index (χ1) is 7.19. The van der Waals surface area contributed by atoms with Gasteiger partial charge in [0.05, 0.1) is 0 Å². The van der Waals surface area contributed by atoms with E-state index in [1.165, 1.54) is 25.8 Å². The Morgan fingerprint density at radius 1 is 1.40 bits per heavy atom. The number of methoxy groups -OCH3 is 1. The second kappa shape index (κ2) is 4.22. The first-order valence-corrected chi connectivity index (χ1v) is 5.95. The molecular weight excluding hydrogens is 190 g/mol. The molecule has 0 radical (unpaired) electrons. The Hall–Kier alpha value is -0.410. The average molecular weight is 211 g/mol. The minimum atomic E-state index is -0.576. The summed E-state index contributed by atoms with van der Waals surface area (Å²) in [6.45, 7) is 4.16. The van der Waals surface area contributed by atoms with E-state index in [1.807, 2.05) is 6.92 Å². The number of ether oxygens (including phenoxy) is 1. The number of likely N-dealkylation sites (tertiary alicyclic amines) is 1. The number of hydrogen-bond donors (Lipinski definition) is 0. The van der Waals surface area contributed by atoms with Crippen molar-refractivity contribution in [3.63, 3.8) is 0 Å². The van der Waals surface area contributed by atoms with Gasteiger partial charge in [-0.25, -0.2) is 0 Å². The molecule has 3 nitrogen and oxygen atoms in total. The highest BCUT2D eigenvalue weighted by molar-refractivity contribution is 5.62. The maximum Gasteiger partial charge on any atom is 0.151 e. The molecular formula is C12H21NO2. The number of rotatable bonds is 4. The van der Waals surface area contributed by atoms with Gasteiger partial charge in [0.25, 0.3) is 0 Å². The van der Waals surface area contributed by atoms with Gasteiger partial charge < -0.3 is 9.53 Å². The van der Waals surface area contributed by atoms with Gasteiger partial charge in [-0.15, -0.1) is 0 Å². The minimum Gasteiger partial charge on any atom is -0.371 e. The molecule has 1 saturated carbocycles. The van der Waals surface area contributed by atoms with Crippen LogP contribution in [0, 0.1) is 5.92 Å². The molecule has 0 aromatic heterocycles. The fourth-order valence-corrected chi connectivity index (χ4v) is 2.56. The normalized spacial score (nSPS) is 32.3. The van der Waals surface area contributed by atoms with Gasteiger partial charge in [0.1, 0.15) is 5.60 Å². The monoisotopic (exact) mass is 211 g/mol. The van der Waals surface area contributed by atoms with Crippen LogP contribution >= 0.6 is 0 Å². The number of hydrogen-bond acceptors (Lipinski definition) is 3. The molecule has 2 aliphatic rings. The SMILES string of the molecule is COC(C)(C=O)C1CCCN(C2CC2)C1. The molecule has 1 aliphatic heterocycles. The van der Waals surface area contributed by atoms with Crippen molar-refractivity contribution >= 4 is 6.29 Å². The topological polar surface area (TPSA) is 29.5 Å². The minimum absolute atomic E-state index is 0.370. The maximum absolute atomic E-state index is 11.1.